The molecular weight excluding hydrogens is 206 g/mol. The Hall–Kier alpha value is -0.940. The number of fused-ring (bicyclic) bond motifs is 2. The molecule has 2 bridgehead atoms. The average Bonchev–Trinajstić information content (AvgIpc) is 2.84. The van der Waals surface area contributed by atoms with Gasteiger partial charge in [0.2, 0.25) is 5.89 Å². The molecule has 16 heavy (non-hydrogen) atoms. The van der Waals surface area contributed by atoms with Crippen LogP contribution in [0.5, 0.6) is 0 Å². The van der Waals surface area contributed by atoms with Crippen LogP contribution in [-0.2, 0) is 4.74 Å². The molecule has 2 aliphatic heterocycles. The summed E-state index contributed by atoms with van der Waals surface area (Å²) in [6.45, 7) is 5.94. The van der Waals surface area contributed by atoms with Gasteiger partial charge in [-0.2, -0.15) is 4.98 Å². The molecule has 2 saturated heterocycles. The van der Waals surface area contributed by atoms with Gasteiger partial charge >= 0.3 is 0 Å². The third-order valence-electron chi connectivity index (χ3n) is 3.54. The molecule has 0 spiro atoms. The lowest BCUT2D eigenvalue weighted by molar-refractivity contribution is -0.0521. The number of nitrogens with zero attached hydrogens (tertiary/aromatic N) is 3. The molecule has 0 aliphatic carbocycles. The SMILES string of the molecule is Cc1nc(C(C)N2CC3CCC(C2)O3)no1. The molecule has 2 fully saturated rings. The molecule has 5 nitrogen and oxygen atoms in total. The van der Waals surface area contributed by atoms with Crippen LogP contribution in [0.15, 0.2) is 4.52 Å². The first kappa shape index (κ1) is 10.2. The summed E-state index contributed by atoms with van der Waals surface area (Å²) in [5.41, 5.74) is 0. The summed E-state index contributed by atoms with van der Waals surface area (Å²) >= 11 is 0. The molecule has 0 amide bonds. The molecule has 0 aromatic carbocycles. The quantitative estimate of drug-likeness (QED) is 0.756. The molecule has 3 rings (SSSR count). The molecule has 0 saturated carbocycles. The van der Waals surface area contributed by atoms with Gasteiger partial charge in [0.15, 0.2) is 5.82 Å². The van der Waals surface area contributed by atoms with E-state index in [0.717, 1.165) is 18.9 Å². The molecule has 3 atom stereocenters. The second-order valence-electron chi connectivity index (χ2n) is 4.76. The number of rotatable bonds is 2. The largest absolute Gasteiger partial charge is 0.372 e. The molecule has 88 valence electrons. The van der Waals surface area contributed by atoms with Crippen molar-refractivity contribution in [2.24, 2.45) is 0 Å². The van der Waals surface area contributed by atoms with Gasteiger partial charge < -0.3 is 9.26 Å². The Labute approximate surface area is 94.8 Å². The zero-order chi connectivity index (χ0) is 11.1. The van der Waals surface area contributed by atoms with Crippen LogP contribution in [0.2, 0.25) is 0 Å². The van der Waals surface area contributed by atoms with Gasteiger partial charge in [-0.05, 0) is 19.8 Å². The van der Waals surface area contributed by atoms with E-state index in [0.29, 0.717) is 18.1 Å². The predicted molar refractivity (Wildman–Crippen MR) is 56.9 cm³/mol. The Balaban J connectivity index is 1.73. The van der Waals surface area contributed by atoms with Crippen molar-refractivity contribution in [1.29, 1.82) is 0 Å². The van der Waals surface area contributed by atoms with Crippen LogP contribution in [0.1, 0.15) is 37.5 Å². The third-order valence-corrected chi connectivity index (χ3v) is 3.54. The topological polar surface area (TPSA) is 51.4 Å². The lowest BCUT2D eigenvalue weighted by Crippen LogP contribution is -2.43. The van der Waals surface area contributed by atoms with Crippen molar-refractivity contribution in [2.45, 2.75) is 44.9 Å². The zero-order valence-electron chi connectivity index (χ0n) is 9.72. The van der Waals surface area contributed by atoms with E-state index >= 15 is 0 Å². The Kier molecular flexibility index (Phi) is 2.44. The minimum atomic E-state index is 0.226. The second kappa shape index (κ2) is 3.82. The lowest BCUT2D eigenvalue weighted by Gasteiger charge is -2.34. The van der Waals surface area contributed by atoms with Gasteiger partial charge in [-0.15, -0.1) is 0 Å². The smallest absolute Gasteiger partial charge is 0.223 e. The van der Waals surface area contributed by atoms with E-state index < -0.39 is 0 Å². The standard InChI is InChI=1S/C11H17N3O2/c1-7(11-12-8(2)16-13-11)14-5-9-3-4-10(6-14)15-9/h7,9-10H,3-6H2,1-2H3. The number of hydrogen-bond donors (Lipinski definition) is 0. The fourth-order valence-electron chi connectivity index (χ4n) is 2.61. The van der Waals surface area contributed by atoms with Crippen LogP contribution in [0.4, 0.5) is 0 Å². The molecular formula is C11H17N3O2. The highest BCUT2D eigenvalue weighted by Crippen LogP contribution is 2.30. The first-order valence-electron chi connectivity index (χ1n) is 5.92. The highest BCUT2D eigenvalue weighted by molar-refractivity contribution is 4.96. The number of ether oxygens (including phenoxy) is 1. The Bertz CT molecular complexity index is 367. The van der Waals surface area contributed by atoms with Crippen molar-refractivity contribution < 1.29 is 9.26 Å². The van der Waals surface area contributed by atoms with E-state index in [-0.39, 0.29) is 6.04 Å². The van der Waals surface area contributed by atoms with Gasteiger partial charge in [0.25, 0.3) is 0 Å². The number of aromatic nitrogens is 2. The number of aryl methyl sites for hydroxylation is 1. The zero-order valence-corrected chi connectivity index (χ0v) is 9.72. The number of morpholine rings is 1. The maximum Gasteiger partial charge on any atom is 0.223 e. The van der Waals surface area contributed by atoms with Crippen LogP contribution in [0.25, 0.3) is 0 Å². The van der Waals surface area contributed by atoms with E-state index in [4.69, 9.17) is 9.26 Å². The van der Waals surface area contributed by atoms with Crippen LogP contribution >= 0.6 is 0 Å². The summed E-state index contributed by atoms with van der Waals surface area (Å²) in [6, 6.07) is 0.226. The highest BCUT2D eigenvalue weighted by Gasteiger charge is 2.36. The monoisotopic (exact) mass is 223 g/mol. The molecule has 1 aromatic rings. The van der Waals surface area contributed by atoms with E-state index in [1.54, 1.807) is 0 Å². The van der Waals surface area contributed by atoms with Crippen molar-refractivity contribution >= 4 is 0 Å². The highest BCUT2D eigenvalue weighted by atomic mass is 16.5. The van der Waals surface area contributed by atoms with E-state index in [9.17, 15) is 0 Å². The molecule has 0 N–H and O–H groups in total. The lowest BCUT2D eigenvalue weighted by atomic mass is 10.2. The molecule has 1 aromatic heterocycles. The minimum absolute atomic E-state index is 0.226. The summed E-state index contributed by atoms with van der Waals surface area (Å²) in [6.07, 6.45) is 3.21. The normalized spacial score (nSPS) is 31.9. The van der Waals surface area contributed by atoms with Gasteiger partial charge in [-0.3, -0.25) is 4.90 Å². The minimum Gasteiger partial charge on any atom is -0.372 e. The van der Waals surface area contributed by atoms with E-state index in [2.05, 4.69) is 22.0 Å². The molecule has 0 radical (unpaired) electrons. The van der Waals surface area contributed by atoms with Crippen molar-refractivity contribution in [3.05, 3.63) is 11.7 Å². The van der Waals surface area contributed by atoms with Gasteiger partial charge in [0.05, 0.1) is 18.2 Å². The Morgan fingerprint density at radius 2 is 2.00 bits per heavy atom. The summed E-state index contributed by atoms with van der Waals surface area (Å²) in [5.74, 6) is 1.43. The van der Waals surface area contributed by atoms with Crippen molar-refractivity contribution in [1.82, 2.24) is 15.0 Å². The maximum absolute atomic E-state index is 5.81. The molecule has 3 unspecified atom stereocenters. The van der Waals surface area contributed by atoms with E-state index in [1.807, 2.05) is 6.92 Å². The van der Waals surface area contributed by atoms with Crippen LogP contribution in [0.3, 0.4) is 0 Å². The fraction of sp³-hybridized carbons (Fsp3) is 0.818. The Morgan fingerprint density at radius 3 is 2.56 bits per heavy atom. The summed E-state index contributed by atoms with van der Waals surface area (Å²) in [5, 5.41) is 3.99. The first-order valence-corrected chi connectivity index (χ1v) is 5.92. The summed E-state index contributed by atoms with van der Waals surface area (Å²) in [4.78, 5) is 6.69. The molecule has 2 aliphatic rings. The fourth-order valence-corrected chi connectivity index (χ4v) is 2.61. The van der Waals surface area contributed by atoms with Gasteiger partial charge in [0, 0.05) is 20.0 Å². The van der Waals surface area contributed by atoms with E-state index in [1.165, 1.54) is 12.8 Å². The van der Waals surface area contributed by atoms with Crippen molar-refractivity contribution in [3.63, 3.8) is 0 Å². The van der Waals surface area contributed by atoms with Crippen molar-refractivity contribution in [2.75, 3.05) is 13.1 Å². The van der Waals surface area contributed by atoms with Crippen LogP contribution < -0.4 is 0 Å². The summed E-state index contributed by atoms with van der Waals surface area (Å²) < 4.78 is 10.8. The van der Waals surface area contributed by atoms with Gasteiger partial charge in [0.1, 0.15) is 0 Å². The third kappa shape index (κ3) is 1.74. The van der Waals surface area contributed by atoms with Crippen LogP contribution in [0, 0.1) is 6.92 Å². The van der Waals surface area contributed by atoms with Gasteiger partial charge in [-0.1, -0.05) is 5.16 Å². The summed E-state index contributed by atoms with van der Waals surface area (Å²) in [7, 11) is 0. The van der Waals surface area contributed by atoms with Crippen molar-refractivity contribution in [3.8, 4) is 0 Å². The maximum atomic E-state index is 5.81. The van der Waals surface area contributed by atoms with Crippen LogP contribution in [-0.4, -0.2) is 40.3 Å². The first-order chi connectivity index (χ1) is 7.72. The number of hydrogen-bond acceptors (Lipinski definition) is 5. The average molecular weight is 223 g/mol. The Morgan fingerprint density at radius 1 is 1.31 bits per heavy atom. The molecule has 5 heteroatoms. The molecule has 3 heterocycles. The second-order valence-corrected chi connectivity index (χ2v) is 4.76. The predicted octanol–water partition coefficient (Wildman–Crippen LogP) is 1.30. The van der Waals surface area contributed by atoms with Gasteiger partial charge in [-0.25, -0.2) is 0 Å². The number of likely N-dealkylation sites (tertiary alicyclic amines) is 1.